The van der Waals surface area contributed by atoms with Gasteiger partial charge in [0.05, 0.1) is 0 Å². The van der Waals surface area contributed by atoms with Crippen molar-refractivity contribution >= 4 is 37.6 Å². The Balaban J connectivity index is 1.93. The SMILES string of the molecule is O=C(Nc1cccc2n[se]nc12)c1cncc(O)c1. The summed E-state index contributed by atoms with van der Waals surface area (Å²) in [6.45, 7) is 0. The molecule has 2 aromatic heterocycles. The molecule has 6 nitrogen and oxygen atoms in total. The summed E-state index contributed by atoms with van der Waals surface area (Å²) in [4.78, 5) is 15.8. The van der Waals surface area contributed by atoms with E-state index in [-0.39, 0.29) is 32.2 Å². The summed E-state index contributed by atoms with van der Waals surface area (Å²) in [6.07, 6.45) is 2.66. The van der Waals surface area contributed by atoms with Gasteiger partial charge in [-0.3, -0.25) is 0 Å². The van der Waals surface area contributed by atoms with Gasteiger partial charge in [-0.25, -0.2) is 0 Å². The molecule has 0 fully saturated rings. The van der Waals surface area contributed by atoms with Gasteiger partial charge in [-0.2, -0.15) is 0 Å². The first kappa shape index (κ1) is 11.8. The van der Waals surface area contributed by atoms with Gasteiger partial charge >= 0.3 is 114 Å². The molecule has 0 aliphatic carbocycles. The molecular weight excluding hydrogens is 311 g/mol. The van der Waals surface area contributed by atoms with Crippen LogP contribution >= 0.6 is 0 Å². The average molecular weight is 319 g/mol. The molecule has 7 heteroatoms. The molecule has 0 aliphatic heterocycles. The van der Waals surface area contributed by atoms with Crippen LogP contribution in [-0.2, 0) is 0 Å². The van der Waals surface area contributed by atoms with Gasteiger partial charge in [-0.15, -0.1) is 0 Å². The molecule has 0 saturated heterocycles. The van der Waals surface area contributed by atoms with Gasteiger partial charge in [0.1, 0.15) is 0 Å². The Bertz CT molecular complexity index is 756. The first-order valence-electron chi connectivity index (χ1n) is 5.41. The third-order valence-electron chi connectivity index (χ3n) is 2.52. The van der Waals surface area contributed by atoms with Crippen molar-refractivity contribution in [1.82, 2.24) is 12.9 Å². The van der Waals surface area contributed by atoms with Crippen molar-refractivity contribution in [2.24, 2.45) is 0 Å². The fourth-order valence-electron chi connectivity index (χ4n) is 1.65. The van der Waals surface area contributed by atoms with Gasteiger partial charge in [-0.05, 0) is 0 Å². The topological polar surface area (TPSA) is 88.0 Å². The number of aromatic hydroxyl groups is 1. The molecule has 94 valence electrons. The minimum absolute atomic E-state index is 0.0473. The predicted molar refractivity (Wildman–Crippen MR) is 70.3 cm³/mol. The van der Waals surface area contributed by atoms with Crippen LogP contribution in [0.2, 0.25) is 0 Å². The van der Waals surface area contributed by atoms with Crippen LogP contribution in [0, 0.1) is 0 Å². The Kier molecular flexibility index (Phi) is 2.98. The molecule has 3 aromatic rings. The molecular formula is C12H8N4O2Se. The third kappa shape index (κ3) is 2.33. The normalized spacial score (nSPS) is 10.5. The van der Waals surface area contributed by atoms with Gasteiger partial charge in [0.25, 0.3) is 0 Å². The molecule has 0 unspecified atom stereocenters. The summed E-state index contributed by atoms with van der Waals surface area (Å²) >= 11 is -0.143. The van der Waals surface area contributed by atoms with Gasteiger partial charge < -0.3 is 0 Å². The number of fused-ring (bicyclic) bond motifs is 1. The van der Waals surface area contributed by atoms with Crippen LogP contribution in [0.5, 0.6) is 5.75 Å². The Morgan fingerprint density at radius 2 is 2.16 bits per heavy atom. The Labute approximate surface area is 114 Å². The number of hydrogen-bond acceptors (Lipinski definition) is 5. The van der Waals surface area contributed by atoms with Crippen LogP contribution in [0.3, 0.4) is 0 Å². The second-order valence-corrected chi connectivity index (χ2v) is 4.93. The van der Waals surface area contributed by atoms with E-state index in [1.165, 1.54) is 18.5 Å². The second-order valence-electron chi connectivity index (χ2n) is 3.82. The molecule has 0 aliphatic rings. The van der Waals surface area contributed by atoms with Crippen LogP contribution in [-0.4, -0.2) is 38.9 Å². The van der Waals surface area contributed by atoms with Crippen molar-refractivity contribution in [3.8, 4) is 5.75 Å². The number of anilines is 1. The van der Waals surface area contributed by atoms with Crippen molar-refractivity contribution in [2.75, 3.05) is 5.32 Å². The van der Waals surface area contributed by atoms with E-state index < -0.39 is 0 Å². The van der Waals surface area contributed by atoms with Gasteiger partial charge in [0, 0.05) is 0 Å². The van der Waals surface area contributed by atoms with Gasteiger partial charge in [0.15, 0.2) is 0 Å². The van der Waals surface area contributed by atoms with E-state index in [4.69, 9.17) is 0 Å². The molecule has 2 heterocycles. The summed E-state index contributed by atoms with van der Waals surface area (Å²) in [5.41, 5.74) is 2.42. The van der Waals surface area contributed by atoms with Crippen molar-refractivity contribution < 1.29 is 9.90 Å². The number of amides is 1. The summed E-state index contributed by atoms with van der Waals surface area (Å²) in [5, 5.41) is 12.1. The van der Waals surface area contributed by atoms with Crippen molar-refractivity contribution in [3.05, 3.63) is 42.2 Å². The molecule has 0 radical (unpaired) electrons. The van der Waals surface area contributed by atoms with E-state index >= 15 is 0 Å². The molecule has 3 rings (SSSR count). The van der Waals surface area contributed by atoms with Gasteiger partial charge in [-0.1, -0.05) is 0 Å². The molecule has 19 heavy (non-hydrogen) atoms. The van der Waals surface area contributed by atoms with E-state index in [1.54, 1.807) is 6.07 Å². The average Bonchev–Trinajstić information content (AvgIpc) is 2.88. The summed E-state index contributed by atoms with van der Waals surface area (Å²) in [7, 11) is 0. The Morgan fingerprint density at radius 3 is 3.00 bits per heavy atom. The van der Waals surface area contributed by atoms with E-state index in [0.717, 1.165) is 5.52 Å². The van der Waals surface area contributed by atoms with E-state index in [9.17, 15) is 9.90 Å². The number of nitrogens with zero attached hydrogens (tertiary/aromatic N) is 3. The van der Waals surface area contributed by atoms with Crippen molar-refractivity contribution in [2.45, 2.75) is 0 Å². The van der Waals surface area contributed by atoms with Crippen molar-refractivity contribution in [3.63, 3.8) is 0 Å². The summed E-state index contributed by atoms with van der Waals surface area (Å²) < 4.78 is 8.53. The fourth-order valence-corrected chi connectivity index (χ4v) is 2.81. The Morgan fingerprint density at radius 1 is 1.26 bits per heavy atom. The fraction of sp³-hybridized carbons (Fsp3) is 0. The quantitative estimate of drug-likeness (QED) is 0.689. The molecule has 0 spiro atoms. The zero-order valence-corrected chi connectivity index (χ0v) is 11.3. The summed E-state index contributed by atoms with van der Waals surface area (Å²) in [6, 6.07) is 6.80. The number of rotatable bonds is 2. The summed E-state index contributed by atoms with van der Waals surface area (Å²) in [5.74, 6) is -0.389. The van der Waals surface area contributed by atoms with Gasteiger partial charge in [0.2, 0.25) is 0 Å². The number of aromatic nitrogens is 3. The first-order chi connectivity index (χ1) is 9.24. The van der Waals surface area contributed by atoms with E-state index in [0.29, 0.717) is 11.2 Å². The molecule has 0 bridgehead atoms. The monoisotopic (exact) mass is 320 g/mol. The van der Waals surface area contributed by atoms with Crippen LogP contribution in [0.25, 0.3) is 11.0 Å². The van der Waals surface area contributed by atoms with Crippen LogP contribution in [0.15, 0.2) is 36.7 Å². The number of hydrogen-bond donors (Lipinski definition) is 2. The second kappa shape index (κ2) is 4.79. The molecule has 1 amide bonds. The zero-order valence-electron chi connectivity index (χ0n) is 9.57. The Hall–Kier alpha value is -2.24. The predicted octanol–water partition coefficient (Wildman–Crippen LogP) is 1.04. The number of nitrogens with one attached hydrogen (secondary N) is 1. The number of pyridine rings is 1. The minimum atomic E-state index is -0.341. The van der Waals surface area contributed by atoms with E-state index in [2.05, 4.69) is 18.3 Å². The third-order valence-corrected chi connectivity index (χ3v) is 3.66. The number of carbonyl (C=O) groups is 1. The zero-order chi connectivity index (χ0) is 13.2. The first-order valence-corrected chi connectivity index (χ1v) is 6.94. The molecule has 0 saturated carbocycles. The molecule has 2 N–H and O–H groups in total. The van der Waals surface area contributed by atoms with E-state index in [1.807, 2.05) is 12.1 Å². The van der Waals surface area contributed by atoms with Crippen LogP contribution < -0.4 is 5.32 Å². The van der Waals surface area contributed by atoms with Crippen molar-refractivity contribution in [1.29, 1.82) is 0 Å². The number of benzene rings is 1. The maximum absolute atomic E-state index is 12.0. The van der Waals surface area contributed by atoms with Crippen LogP contribution in [0.4, 0.5) is 5.69 Å². The molecule has 1 aromatic carbocycles. The van der Waals surface area contributed by atoms with Crippen LogP contribution in [0.1, 0.15) is 10.4 Å². The number of carbonyl (C=O) groups excluding carboxylic acids is 1. The molecule has 0 atom stereocenters. The standard InChI is InChI=1S/C12H8N4O2Se/c17-8-4-7(5-13-6-8)12(18)14-9-2-1-3-10-11(9)16-19-15-10/h1-6,17H,(H,14,18). The maximum atomic E-state index is 12.0.